The van der Waals surface area contributed by atoms with Crippen molar-refractivity contribution >= 4 is 0 Å². The molecule has 0 fully saturated rings. The molecular formula is NpOPuU-2. The fourth-order valence-corrected chi connectivity index (χ4v) is 0. The van der Waals surface area contributed by atoms with Crippen LogP contribution in [0.4, 0.5) is 0 Å². The summed E-state index contributed by atoms with van der Waals surface area (Å²) in [5.74, 6) is 0. The van der Waals surface area contributed by atoms with Crippen molar-refractivity contribution in [1.82, 2.24) is 0 Å². The second-order valence-electron chi connectivity index (χ2n) is 0. The maximum Gasteiger partial charge on any atom is 0 e. The van der Waals surface area contributed by atoms with Crippen molar-refractivity contribution in [3.05, 3.63) is 0 Å². The first-order chi connectivity index (χ1) is 0. The largest absolute Gasteiger partial charge is 2.00 e. The Bertz CT molecular complexity index is 8.00. The summed E-state index contributed by atoms with van der Waals surface area (Å²) >= 11 is 0. The van der Waals surface area contributed by atoms with Gasteiger partial charge in [-0.3, -0.25) is 0 Å². The van der Waals surface area contributed by atoms with Gasteiger partial charge in [-0.2, -0.15) is 0 Å². The standard InChI is InChI=1S/Np.O.Pu.U/q;-2;;. The van der Waals surface area contributed by atoms with Gasteiger partial charge in [0.1, 0.15) is 0 Å². The van der Waals surface area contributed by atoms with Crippen molar-refractivity contribution in [3.63, 3.8) is 0 Å². The van der Waals surface area contributed by atoms with E-state index < -0.39 is 0 Å². The summed E-state index contributed by atoms with van der Waals surface area (Å²) in [6.07, 6.45) is 0. The zero-order valence-corrected chi connectivity index (χ0v) is 13.1. The van der Waals surface area contributed by atoms with Gasteiger partial charge in [0, 0.05) is 90.2 Å². The van der Waals surface area contributed by atoms with Gasteiger partial charge in [0.05, 0.1) is 0 Å². The summed E-state index contributed by atoms with van der Waals surface area (Å²) in [5, 5.41) is 0. The van der Waals surface area contributed by atoms with E-state index in [1.165, 1.54) is 0 Å². The van der Waals surface area contributed by atoms with Gasteiger partial charge in [0.15, 0.2) is 0 Å². The van der Waals surface area contributed by atoms with E-state index >= 15 is 0 Å². The van der Waals surface area contributed by atoms with Crippen molar-refractivity contribution in [1.29, 1.82) is 0 Å². The van der Waals surface area contributed by atoms with Crippen LogP contribution in [0.5, 0.6) is 0 Å². The molecule has 0 heterocycles. The molecule has 0 aromatic heterocycles. The van der Waals surface area contributed by atoms with Crippen LogP contribution in [0.2, 0.25) is 0 Å². The molecule has 4 heavy (non-hydrogen) atoms. The quantitative estimate of drug-likeness (QED) is 0.333. The molecule has 0 saturated carbocycles. The van der Waals surface area contributed by atoms with Crippen LogP contribution in [-0.2, 0) is 5.48 Å². The normalized spacial score (nSPS) is 0. The van der Waals surface area contributed by atoms with E-state index in [-0.39, 0.29) is 95.7 Å². The maximum absolute atomic E-state index is 0. The predicted octanol–water partition coefficient (Wildman–Crippen LogP) is -0.119. The molecule has 23 valence electrons. The third kappa shape index (κ3) is 8.89. The van der Waals surface area contributed by atoms with Crippen LogP contribution in [0.15, 0.2) is 0 Å². The summed E-state index contributed by atoms with van der Waals surface area (Å²) in [7, 11) is 0. The summed E-state index contributed by atoms with van der Waals surface area (Å²) < 4.78 is 0. The SMILES string of the molecule is [Np].[O-2].[Pu].[U]. The summed E-state index contributed by atoms with van der Waals surface area (Å²) in [6.45, 7) is 0. The van der Waals surface area contributed by atoms with Gasteiger partial charge < -0.3 is 5.48 Å². The Kier molecular flexibility index (Phi) is 116. The molecule has 0 rings (SSSR count). The number of hydrogen-bond donors (Lipinski definition) is 0. The maximum atomic E-state index is 0. The smallest absolute Gasteiger partial charge is 0 e. The van der Waals surface area contributed by atoms with Crippen molar-refractivity contribution in [2.24, 2.45) is 0 Å². The Morgan fingerprint density at radius 2 is 1.00 bits per heavy atom. The summed E-state index contributed by atoms with van der Waals surface area (Å²) in [5.41, 5.74) is 0. The fraction of sp³-hybridized carbons (Fsp3) is 0. The average molecular weight is 735 g/mol. The van der Waals surface area contributed by atoms with Gasteiger partial charge in [-0.15, -0.1) is 0 Å². The molecule has 0 N–H and O–H groups in total. The summed E-state index contributed by atoms with van der Waals surface area (Å²) in [6, 6.07) is 0. The Morgan fingerprint density at radius 1 is 1.00 bits per heavy atom. The van der Waals surface area contributed by atoms with E-state index in [1.807, 2.05) is 0 Å². The predicted molar refractivity (Wildman–Crippen MR) is 0.686 cm³/mol. The first-order valence-corrected chi connectivity index (χ1v) is 0. The van der Waals surface area contributed by atoms with E-state index in [0.29, 0.717) is 0 Å². The van der Waals surface area contributed by atoms with Gasteiger partial charge in [-0.1, -0.05) is 0 Å². The van der Waals surface area contributed by atoms with Crippen molar-refractivity contribution in [3.8, 4) is 0 Å². The minimum absolute atomic E-state index is 0. The van der Waals surface area contributed by atoms with Crippen LogP contribution in [0.3, 0.4) is 0 Å². The van der Waals surface area contributed by atoms with E-state index in [4.69, 9.17) is 0 Å². The van der Waals surface area contributed by atoms with Gasteiger partial charge in [0.2, 0.25) is 0 Å². The monoisotopic (exact) mass is 728 g/mol. The topological polar surface area (TPSA) is 28.5 Å². The minimum atomic E-state index is 0. The molecule has 0 bridgehead atoms. The molecule has 0 aliphatic carbocycles. The first-order valence-electron chi connectivity index (χ1n) is 0. The molecule has 0 aromatic carbocycles. The Labute approximate surface area is 93.6 Å². The van der Waals surface area contributed by atoms with Crippen LogP contribution < -0.4 is 0 Å². The molecule has 0 unspecified atom stereocenters. The third-order valence-corrected chi connectivity index (χ3v) is 0. The second kappa shape index (κ2) is 16.6. The molecule has 4 heteroatoms. The molecule has 0 amide bonds. The van der Waals surface area contributed by atoms with E-state index in [2.05, 4.69) is 0 Å². The Morgan fingerprint density at radius 3 is 1.00 bits per heavy atom. The molecule has 0 aromatic rings. The van der Waals surface area contributed by atoms with Gasteiger partial charge >= 0.3 is 0 Å². The first kappa shape index (κ1) is 27.9. The molecule has 0 saturated heterocycles. The molecular weight excluding hydrogens is 735 g/mol. The zero-order valence-electron chi connectivity index (χ0n) is 1.76. The van der Waals surface area contributed by atoms with E-state index in [1.54, 1.807) is 0 Å². The number of rotatable bonds is 0. The van der Waals surface area contributed by atoms with E-state index in [0.717, 1.165) is 0 Å². The van der Waals surface area contributed by atoms with Gasteiger partial charge in [-0.25, -0.2) is 0 Å². The van der Waals surface area contributed by atoms with Crippen LogP contribution in [-0.4, -0.2) is 0 Å². The molecule has 0 aliphatic rings. The minimum Gasteiger partial charge on any atom is -2.00 e. The van der Waals surface area contributed by atoms with Crippen LogP contribution in [0.25, 0.3) is 0 Å². The third-order valence-electron chi connectivity index (χ3n) is 0. The van der Waals surface area contributed by atoms with E-state index in [9.17, 15) is 0 Å². The summed E-state index contributed by atoms with van der Waals surface area (Å²) in [4.78, 5) is 0. The van der Waals surface area contributed by atoms with Crippen molar-refractivity contribution in [2.45, 2.75) is 0 Å². The molecule has 1 nitrogen and oxygen atoms in total. The molecule has 0 aliphatic heterocycles. The average Bonchev–Trinajstić information content (AvgIpc) is 0. The molecule has 1 radical (unpaired) electrons. The van der Waals surface area contributed by atoms with Crippen molar-refractivity contribution in [2.75, 3.05) is 0 Å². The van der Waals surface area contributed by atoms with Crippen LogP contribution in [0, 0.1) is 90.2 Å². The number of hydrogen-bond acceptors (Lipinski definition) is 0. The zero-order chi connectivity index (χ0) is 0. The Balaban J connectivity index is 0. The van der Waals surface area contributed by atoms with Crippen molar-refractivity contribution < 1.29 is 95.7 Å². The fourth-order valence-electron chi connectivity index (χ4n) is 0. The van der Waals surface area contributed by atoms with Crippen LogP contribution in [0.1, 0.15) is 0 Å². The Hall–Kier alpha value is 3.01. The molecule has 0 spiro atoms. The van der Waals surface area contributed by atoms with Crippen LogP contribution >= 0.6 is 0 Å². The second-order valence-corrected chi connectivity index (χ2v) is 0. The van der Waals surface area contributed by atoms with Gasteiger partial charge in [-0.05, 0) is 0 Å². The molecule has 0 atom stereocenters. The van der Waals surface area contributed by atoms with Gasteiger partial charge in [0.25, 0.3) is 0 Å².